The monoisotopic (exact) mass is 499 g/mol. The molecule has 1 heterocycles. The standard InChI is InChI=1S/C29H45N3O4/c1-5-8-9-10-11-12-13-14-15-16-25(33)30-24-19-17-23(18-20-24)27-26(28(34)36-7-3)22(4)32(21-6-2)29(35)31-27/h17-20,27H,5-16,21H2,1-4H3,(H,30,33)(H,31,35). The van der Waals surface area contributed by atoms with Crippen molar-refractivity contribution in [2.75, 3.05) is 18.5 Å². The third-order valence-corrected chi connectivity index (χ3v) is 6.57. The van der Waals surface area contributed by atoms with E-state index >= 15 is 0 Å². The van der Waals surface area contributed by atoms with Gasteiger partial charge >= 0.3 is 12.0 Å². The normalized spacial score (nSPS) is 15.6. The van der Waals surface area contributed by atoms with Crippen LogP contribution in [0.25, 0.3) is 0 Å². The summed E-state index contributed by atoms with van der Waals surface area (Å²) in [6, 6.07) is 6.46. The Kier molecular flexibility index (Phi) is 13.1. The predicted molar refractivity (Wildman–Crippen MR) is 145 cm³/mol. The number of hydrogen-bond donors (Lipinski definition) is 2. The molecule has 1 aromatic carbocycles. The summed E-state index contributed by atoms with van der Waals surface area (Å²) < 4.78 is 5.29. The molecule has 1 aliphatic heterocycles. The zero-order valence-corrected chi connectivity index (χ0v) is 22.7. The Morgan fingerprint density at radius 3 is 2.11 bits per heavy atom. The topological polar surface area (TPSA) is 87.7 Å². The second-order valence-corrected chi connectivity index (χ2v) is 9.50. The van der Waals surface area contributed by atoms with Crippen LogP contribution in [-0.2, 0) is 14.3 Å². The first kappa shape index (κ1) is 29.4. The summed E-state index contributed by atoms with van der Waals surface area (Å²) >= 11 is 0. The third-order valence-electron chi connectivity index (χ3n) is 6.57. The molecule has 0 aliphatic carbocycles. The van der Waals surface area contributed by atoms with Crippen LogP contribution in [0.1, 0.15) is 110 Å². The van der Waals surface area contributed by atoms with Crippen molar-refractivity contribution in [3.05, 3.63) is 41.1 Å². The lowest BCUT2D eigenvalue weighted by atomic mass is 9.94. The number of amides is 3. The summed E-state index contributed by atoms with van der Waals surface area (Å²) in [5.74, 6) is -0.422. The molecule has 7 nitrogen and oxygen atoms in total. The number of benzene rings is 1. The number of unbranched alkanes of at least 4 members (excludes halogenated alkanes) is 8. The van der Waals surface area contributed by atoms with Crippen LogP contribution in [0.4, 0.5) is 10.5 Å². The van der Waals surface area contributed by atoms with E-state index in [1.54, 1.807) is 18.7 Å². The molecule has 0 fully saturated rings. The van der Waals surface area contributed by atoms with Gasteiger partial charge in [-0.3, -0.25) is 9.69 Å². The molecular formula is C29H45N3O4. The Morgan fingerprint density at radius 2 is 1.53 bits per heavy atom. The lowest BCUT2D eigenvalue weighted by molar-refractivity contribution is -0.139. The maximum absolute atomic E-state index is 12.8. The second kappa shape index (κ2) is 16.0. The summed E-state index contributed by atoms with van der Waals surface area (Å²) in [5.41, 5.74) is 2.51. The minimum atomic E-state index is -0.601. The number of hydrogen-bond acceptors (Lipinski definition) is 4. The average Bonchev–Trinajstić information content (AvgIpc) is 2.85. The number of carbonyl (C=O) groups is 3. The number of esters is 1. The van der Waals surface area contributed by atoms with E-state index in [1.165, 1.54) is 44.9 Å². The number of carbonyl (C=O) groups excluding carboxylic acids is 3. The molecular weight excluding hydrogens is 454 g/mol. The largest absolute Gasteiger partial charge is 0.463 e. The first-order valence-electron chi connectivity index (χ1n) is 13.8. The molecule has 7 heteroatoms. The van der Waals surface area contributed by atoms with E-state index in [1.807, 2.05) is 31.2 Å². The highest BCUT2D eigenvalue weighted by atomic mass is 16.5. The Bertz CT molecular complexity index is 879. The Hall–Kier alpha value is -2.83. The van der Waals surface area contributed by atoms with Crippen molar-refractivity contribution in [1.82, 2.24) is 10.2 Å². The summed E-state index contributed by atoms with van der Waals surface area (Å²) in [5, 5.41) is 5.90. The van der Waals surface area contributed by atoms with Crippen LogP contribution in [-0.4, -0.2) is 36.0 Å². The smallest absolute Gasteiger partial charge is 0.338 e. The van der Waals surface area contributed by atoms with Gasteiger partial charge in [-0.1, -0.05) is 77.3 Å². The van der Waals surface area contributed by atoms with Crippen molar-refractivity contribution in [3.63, 3.8) is 0 Å². The van der Waals surface area contributed by atoms with Crippen molar-refractivity contribution < 1.29 is 19.1 Å². The summed E-state index contributed by atoms with van der Waals surface area (Å²) in [6.45, 7) is 8.55. The second-order valence-electron chi connectivity index (χ2n) is 9.50. The lowest BCUT2D eigenvalue weighted by Crippen LogP contribution is -2.48. The van der Waals surface area contributed by atoms with Crippen LogP contribution in [0.15, 0.2) is 35.5 Å². The first-order chi connectivity index (χ1) is 17.4. The molecule has 0 spiro atoms. The fraction of sp³-hybridized carbons (Fsp3) is 0.621. The molecule has 36 heavy (non-hydrogen) atoms. The molecule has 2 rings (SSSR count). The first-order valence-corrected chi connectivity index (χ1v) is 13.8. The van der Waals surface area contributed by atoms with E-state index in [9.17, 15) is 14.4 Å². The van der Waals surface area contributed by atoms with E-state index in [2.05, 4.69) is 17.6 Å². The third kappa shape index (κ3) is 8.99. The number of anilines is 1. The molecule has 1 unspecified atom stereocenters. The van der Waals surface area contributed by atoms with Crippen LogP contribution in [0.3, 0.4) is 0 Å². The summed E-state index contributed by atoms with van der Waals surface area (Å²) in [4.78, 5) is 39.4. The minimum absolute atomic E-state index is 0.00910. The molecule has 0 saturated heterocycles. The van der Waals surface area contributed by atoms with E-state index in [0.717, 1.165) is 24.8 Å². The zero-order chi connectivity index (χ0) is 26.3. The lowest BCUT2D eigenvalue weighted by Gasteiger charge is -2.35. The van der Waals surface area contributed by atoms with Gasteiger partial charge in [0.05, 0.1) is 18.2 Å². The van der Waals surface area contributed by atoms with Gasteiger partial charge in [0, 0.05) is 24.4 Å². The van der Waals surface area contributed by atoms with E-state index in [4.69, 9.17) is 4.74 Å². The molecule has 1 aromatic rings. The van der Waals surface area contributed by atoms with Crippen LogP contribution < -0.4 is 10.6 Å². The number of rotatable bonds is 16. The predicted octanol–water partition coefficient (Wildman–Crippen LogP) is 6.86. The van der Waals surface area contributed by atoms with Gasteiger partial charge in [0.1, 0.15) is 0 Å². The zero-order valence-electron chi connectivity index (χ0n) is 22.7. The van der Waals surface area contributed by atoms with Gasteiger partial charge in [-0.25, -0.2) is 9.59 Å². The minimum Gasteiger partial charge on any atom is -0.463 e. The molecule has 0 radical (unpaired) electrons. The maximum Gasteiger partial charge on any atom is 0.338 e. The molecule has 200 valence electrons. The van der Waals surface area contributed by atoms with Gasteiger partial charge in [0.15, 0.2) is 0 Å². The van der Waals surface area contributed by atoms with Gasteiger partial charge < -0.3 is 15.4 Å². The van der Waals surface area contributed by atoms with Crippen molar-refractivity contribution in [3.8, 4) is 0 Å². The Balaban J connectivity index is 1.92. The van der Waals surface area contributed by atoms with Gasteiger partial charge in [0.2, 0.25) is 5.91 Å². The van der Waals surface area contributed by atoms with E-state index in [-0.39, 0.29) is 18.5 Å². The summed E-state index contributed by atoms with van der Waals surface area (Å²) in [6.07, 6.45) is 12.3. The fourth-order valence-electron chi connectivity index (χ4n) is 4.58. The molecule has 0 aromatic heterocycles. The highest BCUT2D eigenvalue weighted by molar-refractivity contribution is 5.95. The number of nitrogens with one attached hydrogen (secondary N) is 2. The van der Waals surface area contributed by atoms with Crippen molar-refractivity contribution in [2.24, 2.45) is 0 Å². The van der Waals surface area contributed by atoms with Crippen molar-refractivity contribution >= 4 is 23.6 Å². The quantitative estimate of drug-likeness (QED) is 0.192. The van der Waals surface area contributed by atoms with Crippen molar-refractivity contribution in [2.45, 2.75) is 104 Å². The molecule has 1 aliphatic rings. The van der Waals surface area contributed by atoms with Crippen molar-refractivity contribution in [1.29, 1.82) is 0 Å². The molecule has 1 atom stereocenters. The number of ether oxygens (including phenoxy) is 1. The van der Waals surface area contributed by atoms with Gasteiger partial charge in [-0.15, -0.1) is 0 Å². The maximum atomic E-state index is 12.8. The Morgan fingerprint density at radius 1 is 0.917 bits per heavy atom. The SMILES string of the molecule is CCCCCCCCCCCC(=O)Nc1ccc(C2NC(=O)N(CCC)C(C)=C2C(=O)OCC)cc1. The van der Waals surface area contributed by atoms with Crippen LogP contribution in [0.5, 0.6) is 0 Å². The highest BCUT2D eigenvalue weighted by Crippen LogP contribution is 2.32. The number of urea groups is 1. The molecule has 0 saturated carbocycles. The van der Waals surface area contributed by atoms with Crippen LogP contribution in [0.2, 0.25) is 0 Å². The highest BCUT2D eigenvalue weighted by Gasteiger charge is 2.36. The number of allylic oxidation sites excluding steroid dienone is 1. The summed E-state index contributed by atoms with van der Waals surface area (Å²) in [7, 11) is 0. The molecule has 3 amide bonds. The van der Waals surface area contributed by atoms with Crippen LogP contribution >= 0.6 is 0 Å². The van der Waals surface area contributed by atoms with Gasteiger partial charge in [-0.2, -0.15) is 0 Å². The van der Waals surface area contributed by atoms with Gasteiger partial charge in [-0.05, 0) is 44.4 Å². The average molecular weight is 500 g/mol. The Labute approximate surface area is 217 Å². The van der Waals surface area contributed by atoms with E-state index < -0.39 is 12.0 Å². The van der Waals surface area contributed by atoms with Gasteiger partial charge in [0.25, 0.3) is 0 Å². The molecule has 0 bridgehead atoms. The fourth-order valence-corrected chi connectivity index (χ4v) is 4.58. The molecule has 2 N–H and O–H groups in total. The number of nitrogens with zero attached hydrogens (tertiary/aromatic N) is 1. The van der Waals surface area contributed by atoms with Crippen LogP contribution in [0, 0.1) is 0 Å². The van der Waals surface area contributed by atoms with E-state index in [0.29, 0.717) is 29.9 Å².